The largest absolute Gasteiger partial charge is 0.491 e. The second kappa shape index (κ2) is 9.02. The molecule has 0 saturated heterocycles. The third-order valence-electron chi connectivity index (χ3n) is 3.36. The predicted molar refractivity (Wildman–Crippen MR) is 87.3 cm³/mol. The lowest BCUT2D eigenvalue weighted by Gasteiger charge is -2.20. The van der Waals surface area contributed by atoms with E-state index < -0.39 is 0 Å². The van der Waals surface area contributed by atoms with E-state index in [1.165, 1.54) is 24.8 Å². The molecule has 0 aliphatic rings. The van der Waals surface area contributed by atoms with E-state index in [0.717, 1.165) is 18.2 Å². The Hall–Kier alpha value is -1.02. The zero-order valence-electron chi connectivity index (χ0n) is 13.8. The highest BCUT2D eigenvalue weighted by molar-refractivity contribution is 5.30. The molecule has 0 heterocycles. The summed E-state index contributed by atoms with van der Waals surface area (Å²) in [6.07, 6.45) is 3.98. The van der Waals surface area contributed by atoms with E-state index >= 15 is 0 Å². The number of nitrogens with one attached hydrogen (secondary N) is 1. The minimum absolute atomic E-state index is 0.226. The molecule has 1 N–H and O–H groups in total. The van der Waals surface area contributed by atoms with Crippen LogP contribution >= 0.6 is 0 Å². The van der Waals surface area contributed by atoms with Crippen LogP contribution in [0.2, 0.25) is 0 Å². The first-order valence-electron chi connectivity index (χ1n) is 8.03. The van der Waals surface area contributed by atoms with Gasteiger partial charge in [0.05, 0.1) is 6.10 Å². The van der Waals surface area contributed by atoms with Gasteiger partial charge < -0.3 is 10.1 Å². The van der Waals surface area contributed by atoms with Gasteiger partial charge in [-0.2, -0.15) is 0 Å². The van der Waals surface area contributed by atoms with Gasteiger partial charge in [0.1, 0.15) is 5.75 Å². The van der Waals surface area contributed by atoms with Gasteiger partial charge in [0.15, 0.2) is 0 Å². The smallest absolute Gasteiger partial charge is 0.120 e. The molecule has 0 saturated carbocycles. The molecule has 0 bridgehead atoms. The second-order valence-electron chi connectivity index (χ2n) is 6.17. The van der Waals surface area contributed by atoms with Crippen molar-refractivity contribution < 1.29 is 4.74 Å². The van der Waals surface area contributed by atoms with Gasteiger partial charge in [0.25, 0.3) is 0 Å². The van der Waals surface area contributed by atoms with E-state index in [1.54, 1.807) is 0 Å². The lowest BCUT2D eigenvalue weighted by Crippen LogP contribution is -2.21. The van der Waals surface area contributed by atoms with Crippen LogP contribution in [0, 0.1) is 5.92 Å². The van der Waals surface area contributed by atoms with E-state index in [-0.39, 0.29) is 6.10 Å². The molecule has 1 atom stereocenters. The van der Waals surface area contributed by atoms with Gasteiger partial charge in [-0.05, 0) is 50.4 Å². The highest BCUT2D eigenvalue weighted by Gasteiger charge is 2.11. The molecule has 1 unspecified atom stereocenters. The molecule has 0 radical (unpaired) electrons. The van der Waals surface area contributed by atoms with E-state index in [0.29, 0.717) is 6.04 Å². The SMILES string of the molecule is CCNC(CCCC(C)C)c1cccc(OC(C)C)c1. The molecule has 1 aromatic carbocycles. The van der Waals surface area contributed by atoms with Gasteiger partial charge in [-0.25, -0.2) is 0 Å². The summed E-state index contributed by atoms with van der Waals surface area (Å²) < 4.78 is 5.80. The topological polar surface area (TPSA) is 21.3 Å². The van der Waals surface area contributed by atoms with Crippen molar-refractivity contribution in [3.05, 3.63) is 29.8 Å². The van der Waals surface area contributed by atoms with E-state index in [4.69, 9.17) is 4.74 Å². The average Bonchev–Trinajstić information content (AvgIpc) is 2.37. The Morgan fingerprint density at radius 3 is 2.45 bits per heavy atom. The molecule has 0 aliphatic carbocycles. The predicted octanol–water partition coefficient (Wildman–Crippen LogP) is 4.95. The van der Waals surface area contributed by atoms with Crippen molar-refractivity contribution in [3.63, 3.8) is 0 Å². The number of ether oxygens (including phenoxy) is 1. The van der Waals surface area contributed by atoms with Crippen LogP contribution in [0.1, 0.15) is 65.5 Å². The standard InChI is InChI=1S/C18H31NO/c1-6-19-18(12-7-9-14(2)3)16-10-8-11-17(13-16)20-15(4)5/h8,10-11,13-15,18-19H,6-7,9,12H2,1-5H3. The van der Waals surface area contributed by atoms with Gasteiger partial charge >= 0.3 is 0 Å². The van der Waals surface area contributed by atoms with Crippen LogP contribution in [0.5, 0.6) is 5.75 Å². The number of benzene rings is 1. The first kappa shape index (κ1) is 17.0. The summed E-state index contributed by atoms with van der Waals surface area (Å²) in [5.74, 6) is 1.76. The van der Waals surface area contributed by atoms with E-state index in [1.807, 2.05) is 6.07 Å². The zero-order valence-corrected chi connectivity index (χ0v) is 13.8. The summed E-state index contributed by atoms with van der Waals surface area (Å²) in [7, 11) is 0. The fourth-order valence-electron chi connectivity index (χ4n) is 2.44. The lowest BCUT2D eigenvalue weighted by molar-refractivity contribution is 0.242. The maximum absolute atomic E-state index is 5.80. The Kier molecular flexibility index (Phi) is 7.68. The first-order valence-corrected chi connectivity index (χ1v) is 8.03. The molecular formula is C18H31NO. The van der Waals surface area contributed by atoms with Crippen LogP contribution in [-0.4, -0.2) is 12.6 Å². The van der Waals surface area contributed by atoms with Crippen LogP contribution in [0.4, 0.5) is 0 Å². The Balaban J connectivity index is 2.69. The minimum atomic E-state index is 0.226. The summed E-state index contributed by atoms with van der Waals surface area (Å²) in [6.45, 7) is 11.9. The molecule has 2 heteroatoms. The molecule has 20 heavy (non-hydrogen) atoms. The van der Waals surface area contributed by atoms with Crippen molar-refractivity contribution in [2.75, 3.05) is 6.54 Å². The van der Waals surface area contributed by atoms with Crippen molar-refractivity contribution in [2.24, 2.45) is 5.92 Å². The van der Waals surface area contributed by atoms with Crippen molar-refractivity contribution in [3.8, 4) is 5.75 Å². The fourth-order valence-corrected chi connectivity index (χ4v) is 2.44. The molecule has 0 aliphatic heterocycles. The van der Waals surface area contributed by atoms with E-state index in [2.05, 4.69) is 58.1 Å². The normalized spacial score (nSPS) is 12.9. The Labute approximate surface area is 124 Å². The third-order valence-corrected chi connectivity index (χ3v) is 3.36. The van der Waals surface area contributed by atoms with E-state index in [9.17, 15) is 0 Å². The summed E-state index contributed by atoms with van der Waals surface area (Å²) in [5.41, 5.74) is 1.34. The summed E-state index contributed by atoms with van der Waals surface area (Å²) >= 11 is 0. The molecule has 114 valence electrons. The van der Waals surface area contributed by atoms with Gasteiger partial charge in [0, 0.05) is 6.04 Å². The number of hydrogen-bond acceptors (Lipinski definition) is 2. The minimum Gasteiger partial charge on any atom is -0.491 e. The van der Waals surface area contributed by atoms with Crippen LogP contribution in [0.25, 0.3) is 0 Å². The molecule has 1 rings (SSSR count). The van der Waals surface area contributed by atoms with Gasteiger partial charge in [-0.1, -0.05) is 45.7 Å². The summed E-state index contributed by atoms with van der Waals surface area (Å²) in [6, 6.07) is 8.97. The van der Waals surface area contributed by atoms with Crippen molar-refractivity contribution in [1.82, 2.24) is 5.32 Å². The van der Waals surface area contributed by atoms with Gasteiger partial charge in [-0.3, -0.25) is 0 Å². The lowest BCUT2D eigenvalue weighted by atomic mass is 9.98. The molecule has 2 nitrogen and oxygen atoms in total. The molecule has 0 fully saturated rings. The Morgan fingerprint density at radius 1 is 1.10 bits per heavy atom. The van der Waals surface area contributed by atoms with Crippen LogP contribution in [-0.2, 0) is 0 Å². The Bertz CT molecular complexity index is 373. The Morgan fingerprint density at radius 2 is 1.85 bits per heavy atom. The molecule has 0 spiro atoms. The first-order chi connectivity index (χ1) is 9.52. The van der Waals surface area contributed by atoms with Crippen LogP contribution in [0.15, 0.2) is 24.3 Å². The summed E-state index contributed by atoms with van der Waals surface area (Å²) in [4.78, 5) is 0. The number of rotatable bonds is 9. The van der Waals surface area contributed by atoms with Crippen molar-refractivity contribution >= 4 is 0 Å². The van der Waals surface area contributed by atoms with Crippen LogP contribution in [0.3, 0.4) is 0 Å². The third kappa shape index (κ3) is 6.42. The van der Waals surface area contributed by atoms with Crippen molar-refractivity contribution in [2.45, 2.75) is 66.0 Å². The molecular weight excluding hydrogens is 246 g/mol. The molecule has 1 aromatic rings. The maximum atomic E-state index is 5.80. The summed E-state index contributed by atoms with van der Waals surface area (Å²) in [5, 5.41) is 3.60. The highest BCUT2D eigenvalue weighted by atomic mass is 16.5. The maximum Gasteiger partial charge on any atom is 0.120 e. The fraction of sp³-hybridized carbons (Fsp3) is 0.667. The highest BCUT2D eigenvalue weighted by Crippen LogP contribution is 2.24. The van der Waals surface area contributed by atoms with Gasteiger partial charge in [0.2, 0.25) is 0 Å². The van der Waals surface area contributed by atoms with Crippen molar-refractivity contribution in [1.29, 1.82) is 0 Å². The van der Waals surface area contributed by atoms with Gasteiger partial charge in [-0.15, -0.1) is 0 Å². The quantitative estimate of drug-likeness (QED) is 0.689. The average molecular weight is 277 g/mol. The second-order valence-corrected chi connectivity index (χ2v) is 6.17. The molecule has 0 aromatic heterocycles. The monoisotopic (exact) mass is 277 g/mol. The number of hydrogen-bond donors (Lipinski definition) is 1. The zero-order chi connectivity index (χ0) is 15.0. The van der Waals surface area contributed by atoms with Crippen LogP contribution < -0.4 is 10.1 Å². The molecule has 0 amide bonds.